The zero-order valence-corrected chi connectivity index (χ0v) is 9.27. The number of fused-ring (bicyclic) bond motifs is 1. The predicted octanol–water partition coefficient (Wildman–Crippen LogP) is 3.08. The summed E-state index contributed by atoms with van der Waals surface area (Å²) in [5, 5.41) is 0.654. The molecular weight excluding hydrogens is 192 g/mol. The molecule has 0 saturated carbocycles. The van der Waals surface area contributed by atoms with E-state index in [4.69, 9.17) is 5.73 Å². The third kappa shape index (κ3) is 1.87. The van der Waals surface area contributed by atoms with Crippen molar-refractivity contribution in [2.75, 3.05) is 5.73 Å². The lowest BCUT2D eigenvalue weighted by Crippen LogP contribution is -1.93. The summed E-state index contributed by atoms with van der Waals surface area (Å²) >= 11 is 1.55. The zero-order chi connectivity index (χ0) is 10.1. The van der Waals surface area contributed by atoms with Crippen LogP contribution in [-0.4, -0.2) is 4.98 Å². The number of hydrogen-bond donors (Lipinski definition) is 1. The Balaban J connectivity index is 2.40. The molecule has 0 aliphatic rings. The maximum absolute atomic E-state index is 5.65. The zero-order valence-electron chi connectivity index (χ0n) is 8.45. The molecule has 0 aliphatic heterocycles. The SMILES string of the molecule is CC(C)Cc1ccc2sc(N)nc2c1. The highest BCUT2D eigenvalue weighted by molar-refractivity contribution is 7.22. The molecule has 2 aromatic rings. The van der Waals surface area contributed by atoms with E-state index in [-0.39, 0.29) is 0 Å². The van der Waals surface area contributed by atoms with Gasteiger partial charge in [-0.25, -0.2) is 4.98 Å². The number of rotatable bonds is 2. The van der Waals surface area contributed by atoms with E-state index in [2.05, 4.69) is 37.0 Å². The van der Waals surface area contributed by atoms with Crippen LogP contribution in [0.15, 0.2) is 18.2 Å². The number of benzene rings is 1. The number of nitrogens with zero attached hydrogens (tertiary/aromatic N) is 1. The second-order valence-corrected chi connectivity index (χ2v) is 5.01. The summed E-state index contributed by atoms with van der Waals surface area (Å²) in [7, 11) is 0. The van der Waals surface area contributed by atoms with Crippen LogP contribution in [0.3, 0.4) is 0 Å². The van der Waals surface area contributed by atoms with E-state index in [1.807, 2.05) is 0 Å². The topological polar surface area (TPSA) is 38.9 Å². The highest BCUT2D eigenvalue weighted by atomic mass is 32.1. The molecule has 0 amide bonds. The van der Waals surface area contributed by atoms with E-state index in [0.717, 1.165) is 11.9 Å². The van der Waals surface area contributed by atoms with Crippen LogP contribution in [0.5, 0.6) is 0 Å². The van der Waals surface area contributed by atoms with Gasteiger partial charge in [0.1, 0.15) is 0 Å². The first-order chi connectivity index (χ1) is 6.65. The molecule has 14 heavy (non-hydrogen) atoms. The van der Waals surface area contributed by atoms with Gasteiger partial charge in [-0.3, -0.25) is 0 Å². The molecule has 0 unspecified atom stereocenters. The number of anilines is 1. The molecule has 1 aromatic carbocycles. The lowest BCUT2D eigenvalue weighted by Gasteiger charge is -2.03. The van der Waals surface area contributed by atoms with Gasteiger partial charge in [0.15, 0.2) is 5.13 Å². The van der Waals surface area contributed by atoms with Crippen LogP contribution in [0.4, 0.5) is 5.13 Å². The molecule has 0 bridgehead atoms. The summed E-state index contributed by atoms with van der Waals surface area (Å²) in [4.78, 5) is 4.28. The van der Waals surface area contributed by atoms with Crippen LogP contribution >= 0.6 is 11.3 Å². The van der Waals surface area contributed by atoms with Crippen molar-refractivity contribution in [3.63, 3.8) is 0 Å². The summed E-state index contributed by atoms with van der Waals surface area (Å²) < 4.78 is 1.18. The molecule has 2 nitrogen and oxygen atoms in total. The van der Waals surface area contributed by atoms with E-state index in [1.54, 1.807) is 11.3 Å². The number of nitrogens with two attached hydrogens (primary N) is 1. The average Bonchev–Trinajstić information content (AvgIpc) is 2.42. The molecule has 74 valence electrons. The van der Waals surface area contributed by atoms with Crippen LogP contribution in [-0.2, 0) is 6.42 Å². The minimum atomic E-state index is 0.654. The Labute approximate surface area is 87.8 Å². The minimum Gasteiger partial charge on any atom is -0.375 e. The quantitative estimate of drug-likeness (QED) is 0.820. The molecule has 1 aromatic heterocycles. The van der Waals surface area contributed by atoms with Gasteiger partial charge in [-0.1, -0.05) is 31.3 Å². The lowest BCUT2D eigenvalue weighted by molar-refractivity contribution is 0.648. The van der Waals surface area contributed by atoms with E-state index in [1.165, 1.54) is 10.3 Å². The van der Waals surface area contributed by atoms with Gasteiger partial charge in [0.25, 0.3) is 0 Å². The fourth-order valence-corrected chi connectivity index (χ4v) is 2.30. The van der Waals surface area contributed by atoms with E-state index in [0.29, 0.717) is 11.0 Å². The lowest BCUT2D eigenvalue weighted by atomic mass is 10.0. The van der Waals surface area contributed by atoms with Crippen LogP contribution in [0.25, 0.3) is 10.2 Å². The normalized spacial score (nSPS) is 11.4. The average molecular weight is 206 g/mol. The van der Waals surface area contributed by atoms with Crippen molar-refractivity contribution in [2.24, 2.45) is 5.92 Å². The van der Waals surface area contributed by atoms with Gasteiger partial charge in [-0.2, -0.15) is 0 Å². The number of aromatic nitrogens is 1. The number of hydrogen-bond acceptors (Lipinski definition) is 3. The van der Waals surface area contributed by atoms with Crippen LogP contribution in [0, 0.1) is 5.92 Å². The molecule has 2 rings (SSSR count). The van der Waals surface area contributed by atoms with Crippen LogP contribution in [0.1, 0.15) is 19.4 Å². The maximum Gasteiger partial charge on any atom is 0.181 e. The van der Waals surface area contributed by atoms with Crippen molar-refractivity contribution in [3.8, 4) is 0 Å². The standard InChI is InChI=1S/C11H14N2S/c1-7(2)5-8-3-4-10-9(6-8)13-11(12)14-10/h3-4,6-7H,5H2,1-2H3,(H2,12,13). The third-order valence-corrected chi connectivity index (χ3v) is 2.98. The molecule has 0 fully saturated rings. The molecule has 0 atom stereocenters. The fraction of sp³-hybridized carbons (Fsp3) is 0.364. The van der Waals surface area contributed by atoms with Crippen molar-refractivity contribution in [1.29, 1.82) is 0 Å². The Morgan fingerprint density at radius 2 is 2.21 bits per heavy atom. The van der Waals surface area contributed by atoms with Crippen molar-refractivity contribution in [1.82, 2.24) is 4.98 Å². The largest absolute Gasteiger partial charge is 0.375 e. The Morgan fingerprint density at radius 1 is 1.43 bits per heavy atom. The van der Waals surface area contributed by atoms with Gasteiger partial charge in [0, 0.05) is 0 Å². The molecule has 3 heteroatoms. The van der Waals surface area contributed by atoms with Crippen molar-refractivity contribution >= 4 is 26.7 Å². The molecule has 0 saturated heterocycles. The molecule has 2 N–H and O–H groups in total. The monoisotopic (exact) mass is 206 g/mol. The smallest absolute Gasteiger partial charge is 0.181 e. The summed E-state index contributed by atoms with van der Waals surface area (Å²) in [6.07, 6.45) is 1.10. The van der Waals surface area contributed by atoms with Gasteiger partial charge < -0.3 is 5.73 Å². The minimum absolute atomic E-state index is 0.654. The first kappa shape index (κ1) is 9.46. The van der Waals surface area contributed by atoms with Crippen LogP contribution in [0.2, 0.25) is 0 Å². The highest BCUT2D eigenvalue weighted by Crippen LogP contribution is 2.25. The van der Waals surface area contributed by atoms with Gasteiger partial charge in [-0.15, -0.1) is 0 Å². The highest BCUT2D eigenvalue weighted by Gasteiger charge is 2.03. The fourth-order valence-electron chi connectivity index (χ4n) is 1.59. The maximum atomic E-state index is 5.65. The van der Waals surface area contributed by atoms with Crippen molar-refractivity contribution in [2.45, 2.75) is 20.3 Å². The second kappa shape index (κ2) is 3.58. The molecule has 0 radical (unpaired) electrons. The predicted molar refractivity (Wildman–Crippen MR) is 62.6 cm³/mol. The summed E-state index contributed by atoms with van der Waals surface area (Å²) in [6, 6.07) is 6.42. The Bertz CT molecular complexity index is 445. The van der Waals surface area contributed by atoms with Gasteiger partial charge in [0.2, 0.25) is 0 Å². The Morgan fingerprint density at radius 3 is 2.93 bits per heavy atom. The molecule has 0 aliphatic carbocycles. The summed E-state index contributed by atoms with van der Waals surface area (Å²) in [5.74, 6) is 0.684. The van der Waals surface area contributed by atoms with Gasteiger partial charge in [0.05, 0.1) is 10.2 Å². The van der Waals surface area contributed by atoms with Gasteiger partial charge >= 0.3 is 0 Å². The first-order valence-electron chi connectivity index (χ1n) is 4.80. The van der Waals surface area contributed by atoms with Crippen molar-refractivity contribution in [3.05, 3.63) is 23.8 Å². The van der Waals surface area contributed by atoms with E-state index < -0.39 is 0 Å². The van der Waals surface area contributed by atoms with E-state index >= 15 is 0 Å². The second-order valence-electron chi connectivity index (χ2n) is 3.95. The first-order valence-corrected chi connectivity index (χ1v) is 5.62. The van der Waals surface area contributed by atoms with Crippen LogP contribution < -0.4 is 5.73 Å². The number of thiazole rings is 1. The molecule has 0 spiro atoms. The molecular formula is C11H14N2S. The summed E-state index contributed by atoms with van der Waals surface area (Å²) in [5.41, 5.74) is 8.03. The van der Waals surface area contributed by atoms with Gasteiger partial charge in [-0.05, 0) is 30.0 Å². The van der Waals surface area contributed by atoms with Crippen molar-refractivity contribution < 1.29 is 0 Å². The Kier molecular flexibility index (Phi) is 2.42. The number of nitrogen functional groups attached to an aromatic ring is 1. The third-order valence-electron chi connectivity index (χ3n) is 2.11. The van der Waals surface area contributed by atoms with E-state index in [9.17, 15) is 0 Å². The Hall–Kier alpha value is -1.09. The molecule has 1 heterocycles. The summed E-state index contributed by atoms with van der Waals surface area (Å²) in [6.45, 7) is 4.44.